The Morgan fingerprint density at radius 2 is 1.94 bits per heavy atom. The molecule has 2 saturated carbocycles. The van der Waals surface area contributed by atoms with Gasteiger partial charge in [0.25, 0.3) is 0 Å². The van der Waals surface area contributed by atoms with E-state index in [-0.39, 0.29) is 0 Å². The predicted molar refractivity (Wildman–Crippen MR) is 78.7 cm³/mol. The molecule has 0 aromatic rings. The Hall–Kier alpha value is 0.310. The summed E-state index contributed by atoms with van der Waals surface area (Å²) in [6, 6.07) is 0.809. The molecule has 0 aromatic heterocycles. The molecule has 0 bridgehead atoms. The lowest BCUT2D eigenvalue weighted by Crippen LogP contribution is -2.35. The molecule has 2 rings (SSSR count). The number of nitrogens with one attached hydrogen (secondary N) is 1. The quantitative estimate of drug-likeness (QED) is 0.743. The monoisotopic (exact) mass is 255 g/mol. The van der Waals surface area contributed by atoms with Gasteiger partial charge in [0.1, 0.15) is 0 Å². The van der Waals surface area contributed by atoms with Crippen molar-refractivity contribution in [1.29, 1.82) is 0 Å². The normalized spacial score (nSPS) is 32.5. The fourth-order valence-electron chi connectivity index (χ4n) is 3.12. The summed E-state index contributed by atoms with van der Waals surface area (Å²) in [5.74, 6) is 1.87. The van der Waals surface area contributed by atoms with Crippen molar-refractivity contribution in [3.63, 3.8) is 0 Å². The van der Waals surface area contributed by atoms with E-state index in [4.69, 9.17) is 0 Å². The number of thioether (sulfide) groups is 1. The topological polar surface area (TPSA) is 12.0 Å². The molecule has 17 heavy (non-hydrogen) atoms. The maximum Gasteiger partial charge on any atom is 0.0282 e. The molecular formula is C15H29NS. The van der Waals surface area contributed by atoms with Crippen molar-refractivity contribution in [1.82, 2.24) is 5.32 Å². The molecule has 2 aliphatic carbocycles. The van der Waals surface area contributed by atoms with Gasteiger partial charge in [-0.2, -0.15) is 11.8 Å². The van der Waals surface area contributed by atoms with Gasteiger partial charge in [0.2, 0.25) is 0 Å². The van der Waals surface area contributed by atoms with E-state index in [1.165, 1.54) is 51.5 Å². The second-order valence-electron chi connectivity index (χ2n) is 6.48. The average Bonchev–Trinajstić information content (AvgIpc) is 3.11. The fraction of sp³-hybridized carbons (Fsp3) is 1.00. The van der Waals surface area contributed by atoms with Crippen molar-refractivity contribution >= 4 is 11.8 Å². The molecule has 1 N–H and O–H groups in total. The van der Waals surface area contributed by atoms with Crippen molar-refractivity contribution in [3.05, 3.63) is 0 Å². The maximum absolute atomic E-state index is 3.85. The molecule has 0 heterocycles. The molecule has 2 aliphatic rings. The van der Waals surface area contributed by atoms with Crippen LogP contribution in [0.4, 0.5) is 0 Å². The summed E-state index contributed by atoms with van der Waals surface area (Å²) in [6.45, 7) is 6.04. The molecular weight excluding hydrogens is 226 g/mol. The van der Waals surface area contributed by atoms with Crippen LogP contribution in [0.3, 0.4) is 0 Å². The van der Waals surface area contributed by atoms with Gasteiger partial charge in [-0.05, 0) is 50.2 Å². The molecule has 0 radical (unpaired) electrons. The molecule has 0 amide bonds. The van der Waals surface area contributed by atoms with Gasteiger partial charge in [-0.25, -0.2) is 0 Å². The number of hydrogen-bond donors (Lipinski definition) is 1. The Morgan fingerprint density at radius 1 is 1.18 bits per heavy atom. The lowest BCUT2D eigenvalue weighted by molar-refractivity contribution is 0.338. The summed E-state index contributed by atoms with van der Waals surface area (Å²) in [4.78, 5) is 0. The highest BCUT2D eigenvalue weighted by Gasteiger charge is 2.41. The molecule has 1 nitrogen and oxygen atoms in total. The fourth-order valence-corrected chi connectivity index (χ4v) is 3.86. The van der Waals surface area contributed by atoms with Crippen LogP contribution in [0.25, 0.3) is 0 Å². The average molecular weight is 255 g/mol. The molecule has 0 spiro atoms. The van der Waals surface area contributed by atoms with E-state index in [9.17, 15) is 0 Å². The maximum atomic E-state index is 3.85. The number of hydrogen-bond acceptors (Lipinski definition) is 2. The molecule has 0 aliphatic heterocycles. The first-order valence-corrected chi connectivity index (χ1v) is 8.66. The van der Waals surface area contributed by atoms with E-state index in [2.05, 4.69) is 37.2 Å². The molecule has 2 atom stereocenters. The summed E-state index contributed by atoms with van der Waals surface area (Å²) < 4.78 is 0.629. The van der Waals surface area contributed by atoms with Crippen LogP contribution >= 0.6 is 11.8 Å². The third-order valence-electron chi connectivity index (χ3n) is 4.91. The summed E-state index contributed by atoms with van der Waals surface area (Å²) in [5.41, 5.74) is 0. The molecule has 2 heteroatoms. The van der Waals surface area contributed by atoms with Crippen molar-refractivity contribution in [2.24, 2.45) is 11.8 Å². The van der Waals surface area contributed by atoms with Crippen LogP contribution in [0, 0.1) is 11.8 Å². The Labute approximate surface area is 112 Å². The zero-order valence-corrected chi connectivity index (χ0v) is 12.6. The van der Waals surface area contributed by atoms with Gasteiger partial charge in [-0.3, -0.25) is 0 Å². The molecule has 0 saturated heterocycles. The van der Waals surface area contributed by atoms with Crippen molar-refractivity contribution in [2.45, 2.75) is 69.6 Å². The van der Waals surface area contributed by atoms with Gasteiger partial charge >= 0.3 is 0 Å². The Balaban J connectivity index is 1.71. The number of rotatable bonds is 5. The van der Waals surface area contributed by atoms with Crippen LogP contribution in [0.5, 0.6) is 0 Å². The van der Waals surface area contributed by atoms with Crippen LogP contribution in [0.2, 0.25) is 0 Å². The van der Waals surface area contributed by atoms with Gasteiger partial charge in [0.05, 0.1) is 0 Å². The van der Waals surface area contributed by atoms with Gasteiger partial charge in [-0.15, -0.1) is 0 Å². The van der Waals surface area contributed by atoms with Gasteiger partial charge < -0.3 is 5.32 Å². The summed E-state index contributed by atoms with van der Waals surface area (Å²) in [5, 5.41) is 3.85. The minimum absolute atomic E-state index is 0.629. The Morgan fingerprint density at radius 3 is 2.53 bits per heavy atom. The predicted octanol–water partition coefficient (Wildman–Crippen LogP) is 4.08. The van der Waals surface area contributed by atoms with E-state index in [1.54, 1.807) is 0 Å². The van der Waals surface area contributed by atoms with Crippen LogP contribution < -0.4 is 5.32 Å². The Kier molecular flexibility index (Phi) is 4.82. The second kappa shape index (κ2) is 5.97. The van der Waals surface area contributed by atoms with Crippen LogP contribution in [-0.4, -0.2) is 23.6 Å². The van der Waals surface area contributed by atoms with Crippen LogP contribution in [-0.2, 0) is 0 Å². The SMILES string of the molecule is CSC1(CNC2CCCC(C(C)C)CC2)CC1. The van der Waals surface area contributed by atoms with Gasteiger partial charge in [0.15, 0.2) is 0 Å². The second-order valence-corrected chi connectivity index (χ2v) is 7.75. The van der Waals surface area contributed by atoms with Crippen molar-refractivity contribution in [2.75, 3.05) is 12.8 Å². The van der Waals surface area contributed by atoms with Gasteiger partial charge in [-0.1, -0.05) is 26.7 Å². The van der Waals surface area contributed by atoms with Crippen molar-refractivity contribution < 1.29 is 0 Å². The molecule has 0 aromatic carbocycles. The largest absolute Gasteiger partial charge is 0.313 e. The van der Waals surface area contributed by atoms with Crippen LogP contribution in [0.1, 0.15) is 58.8 Å². The van der Waals surface area contributed by atoms with E-state index >= 15 is 0 Å². The van der Waals surface area contributed by atoms with E-state index in [1.807, 2.05) is 0 Å². The first-order chi connectivity index (χ1) is 8.15. The van der Waals surface area contributed by atoms with Crippen molar-refractivity contribution in [3.8, 4) is 0 Å². The molecule has 2 unspecified atom stereocenters. The third kappa shape index (κ3) is 3.89. The first-order valence-electron chi connectivity index (χ1n) is 7.44. The summed E-state index contributed by atoms with van der Waals surface area (Å²) in [7, 11) is 0. The standard InChI is InChI=1S/C15H29NS/c1-12(2)13-5-4-6-14(8-7-13)16-11-15(17-3)9-10-15/h12-14,16H,4-11H2,1-3H3. The van der Waals surface area contributed by atoms with E-state index in [0.29, 0.717) is 4.75 Å². The lowest BCUT2D eigenvalue weighted by atomic mass is 9.89. The lowest BCUT2D eigenvalue weighted by Gasteiger charge is -2.21. The highest BCUT2D eigenvalue weighted by molar-refractivity contribution is 8.00. The summed E-state index contributed by atoms with van der Waals surface area (Å²) in [6.07, 6.45) is 12.3. The minimum atomic E-state index is 0.629. The Bertz CT molecular complexity index is 235. The van der Waals surface area contributed by atoms with Gasteiger partial charge in [0, 0.05) is 17.3 Å². The third-order valence-corrected chi connectivity index (χ3v) is 6.33. The highest BCUT2D eigenvalue weighted by atomic mass is 32.2. The molecule has 2 fully saturated rings. The van der Waals surface area contributed by atoms with E-state index in [0.717, 1.165) is 17.9 Å². The summed E-state index contributed by atoms with van der Waals surface area (Å²) >= 11 is 2.07. The smallest absolute Gasteiger partial charge is 0.0282 e. The highest BCUT2D eigenvalue weighted by Crippen LogP contribution is 2.46. The zero-order valence-electron chi connectivity index (χ0n) is 11.8. The zero-order chi connectivity index (χ0) is 12.3. The van der Waals surface area contributed by atoms with Crippen LogP contribution in [0.15, 0.2) is 0 Å². The molecule has 100 valence electrons. The minimum Gasteiger partial charge on any atom is -0.313 e. The van der Waals surface area contributed by atoms with E-state index < -0.39 is 0 Å². The first kappa shape index (κ1) is 13.7.